The number of hydrogen-bond donors (Lipinski definition) is 0. The minimum absolute atomic E-state index is 0. The van der Waals surface area contributed by atoms with Crippen LogP contribution in [-0.4, -0.2) is 34.6 Å². The van der Waals surface area contributed by atoms with Crippen LogP contribution in [0.1, 0.15) is 0 Å². The predicted octanol–water partition coefficient (Wildman–Crippen LogP) is -1.27. The first-order valence-electron chi connectivity index (χ1n) is 0.668. The van der Waals surface area contributed by atoms with Crippen LogP contribution in [0.15, 0.2) is 0 Å². The van der Waals surface area contributed by atoms with Crippen LogP contribution in [0.4, 0.5) is 0 Å². The second kappa shape index (κ2) is 40.5. The van der Waals surface area contributed by atoms with Crippen molar-refractivity contribution in [2.75, 3.05) is 0 Å². The molecule has 0 heterocycles. The first-order valence-corrected chi connectivity index (χ1v) is 2.76. The van der Waals surface area contributed by atoms with E-state index in [1.807, 2.05) is 0 Å². The maximum absolute atomic E-state index is 8.96. The minimum atomic E-state index is -0.188. The van der Waals surface area contributed by atoms with Crippen molar-refractivity contribution < 1.29 is 52.6 Å². The molecule has 0 rings (SSSR count). The average molecular weight is 219 g/mol. The van der Waals surface area contributed by atoms with E-state index in [1.165, 1.54) is 0 Å². The fourth-order valence-corrected chi connectivity index (χ4v) is 0. The summed E-state index contributed by atoms with van der Waals surface area (Å²) in [6.07, 6.45) is 0. The van der Waals surface area contributed by atoms with Gasteiger partial charge in [-0.2, -0.15) is 0 Å². The quantitative estimate of drug-likeness (QED) is 0.476. The third-order valence-electron chi connectivity index (χ3n) is 0. The van der Waals surface area contributed by atoms with Gasteiger partial charge in [0.05, 0.1) is 0 Å². The topological polar surface area (TPSA) is 34.1 Å². The van der Waals surface area contributed by atoms with Crippen molar-refractivity contribution >= 4 is 34.6 Å². The van der Waals surface area contributed by atoms with Crippen LogP contribution in [0.3, 0.4) is 0 Å². The predicted molar refractivity (Wildman–Crippen MR) is 14.3 cm³/mol. The van der Waals surface area contributed by atoms with E-state index in [-0.39, 0.29) is 48.1 Å². The van der Waals surface area contributed by atoms with Gasteiger partial charge in [-0.3, -0.25) is 0 Å². The van der Waals surface area contributed by atoms with Crippen LogP contribution in [0, 0.1) is 0 Å². The summed E-state index contributed by atoms with van der Waals surface area (Å²) in [6.45, 7) is 0. The summed E-state index contributed by atoms with van der Waals surface area (Å²) in [5.41, 5.74) is 0. The van der Waals surface area contributed by atoms with E-state index in [4.69, 9.17) is 7.70 Å². The molecule has 0 aromatic heterocycles. The molecule has 0 fully saturated rings. The monoisotopic (exact) mass is 219 g/mol. The maximum atomic E-state index is 8.96. The molecule has 7 heteroatoms. The van der Waals surface area contributed by atoms with Crippen molar-refractivity contribution in [2.45, 2.75) is 0 Å². The third kappa shape index (κ3) is 61.9. The van der Waals surface area contributed by atoms with Crippen LogP contribution in [0.2, 0.25) is 0 Å². The molecule has 0 radical (unpaired) electrons. The molecule has 7 heavy (non-hydrogen) atoms. The normalized spacial score (nSPS) is 3.29. The summed E-state index contributed by atoms with van der Waals surface area (Å²) in [5.74, 6) is 0. The molecule has 0 aromatic rings. The van der Waals surface area contributed by atoms with Crippen LogP contribution in [-0.2, 0) is 52.6 Å². The Morgan fingerprint density at radius 3 is 1.43 bits per heavy atom. The average Bonchev–Trinajstić information content (AvgIpc) is 1.46. The van der Waals surface area contributed by atoms with Gasteiger partial charge in [0.15, 0.2) is 0 Å². The Hall–Kier alpha value is 2.31. The second-order valence-electron chi connectivity index (χ2n) is 0.154. The Morgan fingerprint density at radius 1 is 1.43 bits per heavy atom. The Morgan fingerprint density at radius 2 is 1.43 bits per heavy atom. The van der Waals surface area contributed by atoms with Gasteiger partial charge in [-0.15, -0.1) is 0 Å². The number of rotatable bonds is 0. The van der Waals surface area contributed by atoms with E-state index in [9.17, 15) is 0 Å². The van der Waals surface area contributed by atoms with E-state index in [2.05, 4.69) is 15.7 Å². The van der Waals surface area contributed by atoms with Gasteiger partial charge in [-0.25, -0.2) is 0 Å². The summed E-state index contributed by atoms with van der Waals surface area (Å²) in [4.78, 5) is 0. The molecular weight excluding hydrogens is 218 g/mol. The van der Waals surface area contributed by atoms with Crippen molar-refractivity contribution in [3.8, 4) is 0 Å². The molecule has 0 amide bonds. The van der Waals surface area contributed by atoms with Crippen LogP contribution < -0.4 is 0 Å². The Kier molecular flexibility index (Phi) is 132. The molecule has 0 aromatic carbocycles. The Balaban J connectivity index is -0.0000000105. The first-order chi connectivity index (χ1) is 2.41. The molecule has 41 valence electrons. The van der Waals surface area contributed by atoms with Crippen molar-refractivity contribution in [1.82, 2.24) is 0 Å². The molecule has 0 saturated heterocycles. The van der Waals surface area contributed by atoms with Crippen LogP contribution >= 0.6 is 0 Å². The molecule has 0 unspecified atom stereocenters. The molecule has 2 nitrogen and oxygen atoms in total. The molecule has 0 aliphatic carbocycles. The molecule has 0 N–H and O–H groups in total. The van der Waals surface area contributed by atoms with E-state index < -0.39 is 0 Å². The summed E-state index contributed by atoms with van der Waals surface area (Å²) in [7, 11) is 0. The van der Waals surface area contributed by atoms with Crippen molar-refractivity contribution in [1.29, 1.82) is 0 Å². The fraction of sp³-hybridized carbons (Fsp3) is 0. The molecule has 0 atom stereocenters. The van der Waals surface area contributed by atoms with Gasteiger partial charge in [-0.1, -0.05) is 0 Å². The zero-order chi connectivity index (χ0) is 4.71. The van der Waals surface area contributed by atoms with Gasteiger partial charge in [0.1, 0.15) is 0 Å². The summed E-state index contributed by atoms with van der Waals surface area (Å²) in [6, 6.07) is 0. The van der Waals surface area contributed by atoms with Crippen molar-refractivity contribution in [3.05, 3.63) is 0 Å². The Labute approximate surface area is 86.1 Å². The van der Waals surface area contributed by atoms with E-state index >= 15 is 0 Å². The summed E-state index contributed by atoms with van der Waals surface area (Å²) >= 11 is 3.73. The molecule has 0 bridgehead atoms. The van der Waals surface area contributed by atoms with Crippen LogP contribution in [0.25, 0.3) is 0 Å². The van der Waals surface area contributed by atoms with E-state index in [1.54, 1.807) is 15.8 Å². The third-order valence-corrected chi connectivity index (χ3v) is 0. The molecular formula is HCoLi2MnNiO2. The van der Waals surface area contributed by atoms with Gasteiger partial charge in [0.2, 0.25) is 0 Å². The van der Waals surface area contributed by atoms with Crippen molar-refractivity contribution in [2.24, 2.45) is 0 Å². The Bertz CT molecular complexity index is 29.7. The second-order valence-corrected chi connectivity index (χ2v) is 0.636. The summed E-state index contributed by atoms with van der Waals surface area (Å²) in [5, 5.41) is 0. The molecule has 0 spiro atoms. The molecule has 0 saturated carbocycles. The molecule has 0 aliphatic heterocycles. The first kappa shape index (κ1) is 22.8. The standard InChI is InChI=1S/Co.2Li.Mn.Ni.2O.H. The zero-order valence-corrected chi connectivity index (χ0v) is 6.05. The van der Waals surface area contributed by atoms with Gasteiger partial charge in [-0.05, 0) is 0 Å². The van der Waals surface area contributed by atoms with Crippen LogP contribution in [0.5, 0.6) is 0 Å². The fourth-order valence-electron chi connectivity index (χ4n) is 0. The van der Waals surface area contributed by atoms with Gasteiger partial charge < -0.3 is 0 Å². The summed E-state index contributed by atoms with van der Waals surface area (Å²) < 4.78 is 16.9. The SMILES string of the molecule is [LiH].[Li][Mn]=[O].[Ni].[O]=[Co]. The zero-order valence-electron chi connectivity index (χ0n) is 2.84. The molecule has 0 aliphatic rings. The number of hydrogen-bond acceptors (Lipinski definition) is 2. The van der Waals surface area contributed by atoms with Gasteiger partial charge in [0.25, 0.3) is 0 Å². The van der Waals surface area contributed by atoms with E-state index in [0.717, 1.165) is 0 Å². The van der Waals surface area contributed by atoms with E-state index in [0.29, 0.717) is 0 Å². The van der Waals surface area contributed by atoms with Gasteiger partial charge in [0, 0.05) is 16.5 Å². The van der Waals surface area contributed by atoms with Crippen molar-refractivity contribution in [3.63, 3.8) is 0 Å². The van der Waals surface area contributed by atoms with Gasteiger partial charge >= 0.3 is 70.7 Å².